The summed E-state index contributed by atoms with van der Waals surface area (Å²) < 4.78 is 32.6. The quantitative estimate of drug-likeness (QED) is 0.634. The largest absolute Gasteiger partial charge is 0.491 e. The lowest BCUT2D eigenvalue weighted by molar-refractivity contribution is -0.122. The van der Waals surface area contributed by atoms with Crippen LogP contribution in [0.25, 0.3) is 0 Å². The first-order valence-corrected chi connectivity index (χ1v) is 12.3. The Balaban J connectivity index is 1.44. The molecule has 1 amide bonds. The Hall–Kier alpha value is -2.09. The average molecular weight is 465 g/mol. The van der Waals surface area contributed by atoms with E-state index in [2.05, 4.69) is 5.32 Å². The first-order valence-electron chi connectivity index (χ1n) is 10.5. The van der Waals surface area contributed by atoms with Crippen LogP contribution in [0.2, 0.25) is 5.02 Å². The maximum absolute atomic E-state index is 12.8. The third-order valence-electron chi connectivity index (χ3n) is 5.28. The van der Waals surface area contributed by atoms with Crippen LogP contribution >= 0.6 is 11.6 Å². The molecule has 2 aromatic rings. The number of carbonyl (C=O) groups excluding carboxylic acids is 1. The summed E-state index contributed by atoms with van der Waals surface area (Å²) in [6.45, 7) is 5.25. The number of hydrogen-bond acceptors (Lipinski definition) is 4. The number of amides is 1. The van der Waals surface area contributed by atoms with Crippen molar-refractivity contribution in [2.45, 2.75) is 50.7 Å². The van der Waals surface area contributed by atoms with Crippen molar-refractivity contribution in [2.24, 2.45) is 5.92 Å². The molecule has 0 atom stereocenters. The van der Waals surface area contributed by atoms with E-state index in [1.54, 1.807) is 12.1 Å². The van der Waals surface area contributed by atoms with E-state index in [1.807, 2.05) is 38.1 Å². The predicted molar refractivity (Wildman–Crippen MR) is 122 cm³/mol. The van der Waals surface area contributed by atoms with Gasteiger partial charge in [-0.15, -0.1) is 0 Å². The summed E-state index contributed by atoms with van der Waals surface area (Å²) in [6, 6.07) is 13.9. The number of piperidine rings is 1. The van der Waals surface area contributed by atoms with Gasteiger partial charge in [-0.3, -0.25) is 4.79 Å². The molecule has 1 aliphatic rings. The Kier molecular flexibility index (Phi) is 7.97. The molecule has 1 saturated heterocycles. The van der Waals surface area contributed by atoms with Crippen LogP contribution in [-0.4, -0.2) is 37.8 Å². The molecule has 1 N–H and O–H groups in total. The maximum atomic E-state index is 12.8. The van der Waals surface area contributed by atoms with E-state index in [0.717, 1.165) is 11.3 Å². The number of halogens is 1. The van der Waals surface area contributed by atoms with Crippen molar-refractivity contribution in [2.75, 3.05) is 13.1 Å². The van der Waals surface area contributed by atoms with Gasteiger partial charge in [-0.1, -0.05) is 23.7 Å². The van der Waals surface area contributed by atoms with E-state index < -0.39 is 10.0 Å². The summed E-state index contributed by atoms with van der Waals surface area (Å²) >= 11 is 5.85. The summed E-state index contributed by atoms with van der Waals surface area (Å²) in [6.07, 6.45) is 1.87. The lowest BCUT2D eigenvalue weighted by Gasteiger charge is -2.31. The minimum atomic E-state index is -3.52. The number of carbonyl (C=O) groups is 1. The Labute approximate surface area is 189 Å². The van der Waals surface area contributed by atoms with E-state index in [1.165, 1.54) is 16.4 Å². The molecule has 31 heavy (non-hydrogen) atoms. The first kappa shape index (κ1) is 23.6. The SMILES string of the molecule is CC(C)Oc1ccc(CNC(=O)CC2CCN(S(=O)(=O)c3ccc(Cl)cc3)CC2)cc1. The fraction of sp³-hybridized carbons (Fsp3) is 0.435. The second-order valence-electron chi connectivity index (χ2n) is 8.09. The monoisotopic (exact) mass is 464 g/mol. The number of sulfonamides is 1. The van der Waals surface area contributed by atoms with Gasteiger partial charge in [0, 0.05) is 31.1 Å². The number of ether oxygens (including phenoxy) is 1. The number of benzene rings is 2. The Morgan fingerprint density at radius 1 is 1.10 bits per heavy atom. The average Bonchev–Trinajstić information content (AvgIpc) is 2.73. The lowest BCUT2D eigenvalue weighted by atomic mass is 9.94. The van der Waals surface area contributed by atoms with Crippen molar-refractivity contribution in [3.05, 3.63) is 59.1 Å². The number of nitrogens with one attached hydrogen (secondary N) is 1. The fourth-order valence-corrected chi connectivity index (χ4v) is 5.20. The van der Waals surface area contributed by atoms with Crippen molar-refractivity contribution in [1.29, 1.82) is 0 Å². The van der Waals surface area contributed by atoms with Crippen LogP contribution in [-0.2, 0) is 21.4 Å². The lowest BCUT2D eigenvalue weighted by Crippen LogP contribution is -2.39. The van der Waals surface area contributed by atoms with Crippen LogP contribution in [0, 0.1) is 5.92 Å². The zero-order valence-electron chi connectivity index (χ0n) is 17.9. The van der Waals surface area contributed by atoms with Gasteiger partial charge < -0.3 is 10.1 Å². The molecule has 1 heterocycles. The van der Waals surface area contributed by atoms with Crippen LogP contribution < -0.4 is 10.1 Å². The van der Waals surface area contributed by atoms with Gasteiger partial charge in [-0.25, -0.2) is 8.42 Å². The highest BCUT2D eigenvalue weighted by Gasteiger charge is 2.30. The highest BCUT2D eigenvalue weighted by atomic mass is 35.5. The zero-order chi connectivity index (χ0) is 22.4. The third kappa shape index (κ3) is 6.69. The molecule has 0 bridgehead atoms. The minimum absolute atomic E-state index is 0.0125. The van der Waals surface area contributed by atoms with E-state index in [9.17, 15) is 13.2 Å². The minimum Gasteiger partial charge on any atom is -0.491 e. The zero-order valence-corrected chi connectivity index (χ0v) is 19.5. The van der Waals surface area contributed by atoms with Crippen molar-refractivity contribution in [3.8, 4) is 5.75 Å². The van der Waals surface area contributed by atoms with E-state index in [-0.39, 0.29) is 22.8 Å². The van der Waals surface area contributed by atoms with Crippen molar-refractivity contribution >= 4 is 27.5 Å². The molecule has 0 radical (unpaired) electrons. The second kappa shape index (κ2) is 10.5. The standard InChI is InChI=1S/C23H29ClN2O4S/c1-17(2)30-21-7-3-19(4-8-21)16-25-23(27)15-18-11-13-26(14-12-18)31(28,29)22-9-5-20(24)6-10-22/h3-10,17-18H,11-16H2,1-2H3,(H,25,27). The molecule has 3 rings (SSSR count). The number of nitrogens with zero attached hydrogens (tertiary/aromatic N) is 1. The van der Waals surface area contributed by atoms with Gasteiger partial charge in [0.1, 0.15) is 5.75 Å². The fourth-order valence-electron chi connectivity index (χ4n) is 3.60. The molecule has 1 aliphatic heterocycles. The van der Waals surface area contributed by atoms with Gasteiger partial charge in [0.05, 0.1) is 11.0 Å². The van der Waals surface area contributed by atoms with Crippen molar-refractivity contribution < 1.29 is 17.9 Å². The van der Waals surface area contributed by atoms with Crippen LogP contribution in [0.1, 0.15) is 38.7 Å². The van der Waals surface area contributed by atoms with Gasteiger partial charge in [0.25, 0.3) is 0 Å². The van der Waals surface area contributed by atoms with E-state index >= 15 is 0 Å². The van der Waals surface area contributed by atoms with Crippen molar-refractivity contribution in [1.82, 2.24) is 9.62 Å². The van der Waals surface area contributed by atoms with Gasteiger partial charge in [-0.2, -0.15) is 4.31 Å². The van der Waals surface area contributed by atoms with E-state index in [4.69, 9.17) is 16.3 Å². The molecule has 2 aromatic carbocycles. The third-order valence-corrected chi connectivity index (χ3v) is 7.45. The van der Waals surface area contributed by atoms with Gasteiger partial charge in [0.15, 0.2) is 0 Å². The predicted octanol–water partition coefficient (Wildman–Crippen LogP) is 4.23. The summed E-state index contributed by atoms with van der Waals surface area (Å²) in [5.41, 5.74) is 1.01. The van der Waals surface area contributed by atoms with Gasteiger partial charge in [-0.05, 0) is 74.6 Å². The van der Waals surface area contributed by atoms with Gasteiger partial charge in [0.2, 0.25) is 15.9 Å². The molecule has 0 aromatic heterocycles. The Morgan fingerprint density at radius 3 is 2.29 bits per heavy atom. The molecule has 168 valence electrons. The smallest absolute Gasteiger partial charge is 0.243 e. The molecular formula is C23H29ClN2O4S. The molecule has 1 fully saturated rings. The normalized spacial score (nSPS) is 15.7. The van der Waals surface area contributed by atoms with E-state index in [0.29, 0.717) is 43.9 Å². The number of rotatable bonds is 8. The first-order chi connectivity index (χ1) is 14.7. The molecule has 0 spiro atoms. The molecule has 6 nitrogen and oxygen atoms in total. The molecule has 0 unspecified atom stereocenters. The summed E-state index contributed by atoms with van der Waals surface area (Å²) in [7, 11) is -3.52. The number of hydrogen-bond donors (Lipinski definition) is 1. The second-order valence-corrected chi connectivity index (χ2v) is 10.5. The highest BCUT2D eigenvalue weighted by molar-refractivity contribution is 7.89. The van der Waals surface area contributed by atoms with Crippen LogP contribution in [0.4, 0.5) is 0 Å². The van der Waals surface area contributed by atoms with Crippen molar-refractivity contribution in [3.63, 3.8) is 0 Å². The Bertz CT molecular complexity index is 968. The Morgan fingerprint density at radius 2 is 1.71 bits per heavy atom. The maximum Gasteiger partial charge on any atom is 0.243 e. The van der Waals surface area contributed by atoms with Crippen LogP contribution in [0.3, 0.4) is 0 Å². The summed E-state index contributed by atoms with van der Waals surface area (Å²) in [5.74, 6) is 0.977. The molecular weight excluding hydrogens is 436 g/mol. The molecule has 0 aliphatic carbocycles. The van der Waals surface area contributed by atoms with Crippen LogP contribution in [0.15, 0.2) is 53.4 Å². The molecule has 8 heteroatoms. The summed E-state index contributed by atoms with van der Waals surface area (Å²) in [5, 5.41) is 3.46. The van der Waals surface area contributed by atoms with Gasteiger partial charge >= 0.3 is 0 Å². The highest BCUT2D eigenvalue weighted by Crippen LogP contribution is 2.26. The van der Waals surface area contributed by atoms with Crippen LogP contribution in [0.5, 0.6) is 5.75 Å². The summed E-state index contributed by atoms with van der Waals surface area (Å²) in [4.78, 5) is 12.6. The molecule has 0 saturated carbocycles. The topological polar surface area (TPSA) is 75.7 Å².